The minimum Gasteiger partial charge on any atom is -0.396 e. The zero-order valence-electron chi connectivity index (χ0n) is 11.1. The highest BCUT2D eigenvalue weighted by Gasteiger charge is 2.40. The predicted octanol–water partition coefficient (Wildman–Crippen LogP) is 0.498. The first-order valence-electron chi connectivity index (χ1n) is 6.13. The molecule has 1 fully saturated rings. The van der Waals surface area contributed by atoms with Gasteiger partial charge < -0.3 is 16.0 Å². The van der Waals surface area contributed by atoms with E-state index >= 15 is 0 Å². The summed E-state index contributed by atoms with van der Waals surface area (Å²) >= 11 is 0. The number of anilines is 2. The van der Waals surface area contributed by atoms with Gasteiger partial charge in [-0.15, -0.1) is 0 Å². The molecular formula is C13H17N5O. The molecule has 1 aromatic heterocycles. The summed E-state index contributed by atoms with van der Waals surface area (Å²) < 4.78 is 0. The highest BCUT2D eigenvalue weighted by molar-refractivity contribution is 5.83. The van der Waals surface area contributed by atoms with Crippen LogP contribution in [0.3, 0.4) is 0 Å². The largest absolute Gasteiger partial charge is 0.396 e. The average Bonchev–Trinajstić information content (AvgIpc) is 2.81. The second-order valence-corrected chi connectivity index (χ2v) is 5.06. The Morgan fingerprint density at radius 3 is 3.00 bits per heavy atom. The van der Waals surface area contributed by atoms with E-state index in [4.69, 9.17) is 11.0 Å². The zero-order chi connectivity index (χ0) is 14.0. The van der Waals surface area contributed by atoms with Crippen molar-refractivity contribution < 1.29 is 4.79 Å². The number of nitrogens with one attached hydrogen (secondary N) is 1. The Hall–Kier alpha value is -2.29. The normalized spacial score (nSPS) is 22.1. The van der Waals surface area contributed by atoms with Crippen molar-refractivity contribution in [1.29, 1.82) is 5.26 Å². The topological polar surface area (TPSA) is 95.0 Å². The van der Waals surface area contributed by atoms with Crippen LogP contribution in [0.1, 0.15) is 18.9 Å². The maximum Gasteiger partial charge on any atom is 0.227 e. The molecule has 0 aliphatic carbocycles. The van der Waals surface area contributed by atoms with Gasteiger partial charge >= 0.3 is 0 Å². The molecule has 1 atom stereocenters. The number of hydrogen-bond acceptors (Lipinski definition) is 5. The van der Waals surface area contributed by atoms with Crippen LogP contribution in [0, 0.1) is 16.7 Å². The molecule has 2 rings (SSSR count). The number of rotatable bonds is 2. The quantitative estimate of drug-likeness (QED) is 0.806. The molecule has 6 nitrogen and oxygen atoms in total. The summed E-state index contributed by atoms with van der Waals surface area (Å²) in [6, 6.07) is 3.61. The van der Waals surface area contributed by atoms with Gasteiger partial charge in [0.05, 0.1) is 16.7 Å². The molecule has 19 heavy (non-hydrogen) atoms. The molecule has 1 aliphatic rings. The number of hydrogen-bond donors (Lipinski definition) is 2. The number of carbonyl (C=O) groups is 1. The molecule has 1 unspecified atom stereocenters. The van der Waals surface area contributed by atoms with Crippen LogP contribution in [0.25, 0.3) is 0 Å². The Bertz CT molecular complexity index is 550. The van der Waals surface area contributed by atoms with Crippen molar-refractivity contribution in [3.05, 3.63) is 17.8 Å². The van der Waals surface area contributed by atoms with Crippen molar-refractivity contribution in [2.45, 2.75) is 13.3 Å². The third kappa shape index (κ3) is 2.32. The maximum atomic E-state index is 11.9. The monoisotopic (exact) mass is 259 g/mol. The van der Waals surface area contributed by atoms with E-state index in [0.717, 1.165) is 13.0 Å². The fourth-order valence-electron chi connectivity index (χ4n) is 2.43. The summed E-state index contributed by atoms with van der Waals surface area (Å²) in [5, 5.41) is 11.5. The van der Waals surface area contributed by atoms with E-state index in [9.17, 15) is 4.79 Å². The Labute approximate surface area is 112 Å². The first-order valence-corrected chi connectivity index (χ1v) is 6.13. The van der Waals surface area contributed by atoms with E-state index in [1.807, 2.05) is 17.9 Å². The predicted molar refractivity (Wildman–Crippen MR) is 72.4 cm³/mol. The average molecular weight is 259 g/mol. The lowest BCUT2D eigenvalue weighted by atomic mass is 9.89. The summed E-state index contributed by atoms with van der Waals surface area (Å²) in [6.07, 6.45) is 2.26. The van der Waals surface area contributed by atoms with Crippen molar-refractivity contribution in [1.82, 2.24) is 10.3 Å². The van der Waals surface area contributed by atoms with Crippen LogP contribution in [-0.2, 0) is 4.79 Å². The fraction of sp³-hybridized carbons (Fsp3) is 0.462. The molecule has 0 saturated carbocycles. The number of amides is 1. The van der Waals surface area contributed by atoms with Crippen molar-refractivity contribution in [3.63, 3.8) is 0 Å². The number of carbonyl (C=O) groups excluding carboxylic acids is 1. The molecular weight excluding hydrogens is 242 g/mol. The SMILES string of the molecule is CNC(=O)C1(C)CCN(c2ncc(C#N)cc2N)C1. The van der Waals surface area contributed by atoms with E-state index in [1.165, 1.54) is 6.20 Å². The summed E-state index contributed by atoms with van der Waals surface area (Å²) in [5.41, 5.74) is 6.41. The Balaban J connectivity index is 2.22. The van der Waals surface area contributed by atoms with Crippen LogP contribution in [0.15, 0.2) is 12.3 Å². The first-order chi connectivity index (χ1) is 9.00. The van der Waals surface area contributed by atoms with Gasteiger partial charge in [0.2, 0.25) is 5.91 Å². The van der Waals surface area contributed by atoms with Crippen LogP contribution in [0.4, 0.5) is 11.5 Å². The number of nitrogens with zero attached hydrogens (tertiary/aromatic N) is 3. The van der Waals surface area contributed by atoms with Crippen LogP contribution < -0.4 is 16.0 Å². The van der Waals surface area contributed by atoms with Gasteiger partial charge in [0.25, 0.3) is 0 Å². The van der Waals surface area contributed by atoms with Gasteiger partial charge in [-0.05, 0) is 19.4 Å². The number of nitriles is 1. The summed E-state index contributed by atoms with van der Waals surface area (Å²) in [4.78, 5) is 18.1. The Morgan fingerprint density at radius 2 is 2.42 bits per heavy atom. The standard InChI is InChI=1S/C13H17N5O/c1-13(12(19)16-2)3-4-18(8-13)11-10(15)5-9(6-14)7-17-11/h5,7H,3-4,8,15H2,1-2H3,(H,16,19). The van der Waals surface area contributed by atoms with Gasteiger partial charge in [0.1, 0.15) is 6.07 Å². The van der Waals surface area contributed by atoms with Crippen molar-refractivity contribution >= 4 is 17.4 Å². The van der Waals surface area contributed by atoms with E-state index in [0.29, 0.717) is 23.6 Å². The number of nitrogen functional groups attached to an aromatic ring is 1. The molecule has 100 valence electrons. The minimum absolute atomic E-state index is 0.0298. The molecule has 0 aromatic carbocycles. The van der Waals surface area contributed by atoms with Gasteiger partial charge in [0.15, 0.2) is 5.82 Å². The number of aromatic nitrogens is 1. The van der Waals surface area contributed by atoms with Gasteiger partial charge in [-0.3, -0.25) is 4.79 Å². The van der Waals surface area contributed by atoms with Crippen molar-refractivity contribution in [2.24, 2.45) is 5.41 Å². The summed E-state index contributed by atoms with van der Waals surface area (Å²) in [5.74, 6) is 0.675. The van der Waals surface area contributed by atoms with Gasteiger partial charge in [-0.1, -0.05) is 0 Å². The van der Waals surface area contributed by atoms with E-state index in [2.05, 4.69) is 10.3 Å². The summed E-state index contributed by atoms with van der Waals surface area (Å²) in [6.45, 7) is 3.24. The van der Waals surface area contributed by atoms with Gasteiger partial charge in [-0.25, -0.2) is 4.98 Å². The van der Waals surface area contributed by atoms with Gasteiger partial charge in [-0.2, -0.15) is 5.26 Å². The van der Waals surface area contributed by atoms with Crippen LogP contribution >= 0.6 is 0 Å². The smallest absolute Gasteiger partial charge is 0.227 e. The highest BCUT2D eigenvalue weighted by atomic mass is 16.2. The number of nitrogens with two attached hydrogens (primary N) is 1. The third-order valence-electron chi connectivity index (χ3n) is 3.57. The molecule has 3 N–H and O–H groups in total. The second kappa shape index (κ2) is 4.76. The van der Waals surface area contributed by atoms with E-state index in [1.54, 1.807) is 13.1 Å². The maximum absolute atomic E-state index is 11.9. The highest BCUT2D eigenvalue weighted by Crippen LogP contribution is 2.34. The molecule has 6 heteroatoms. The number of pyridine rings is 1. The summed E-state index contributed by atoms with van der Waals surface area (Å²) in [7, 11) is 1.64. The minimum atomic E-state index is -0.420. The Kier molecular flexibility index (Phi) is 3.30. The van der Waals surface area contributed by atoms with Crippen LogP contribution in [-0.4, -0.2) is 31.0 Å². The molecule has 2 heterocycles. The molecule has 0 radical (unpaired) electrons. The lowest BCUT2D eigenvalue weighted by molar-refractivity contribution is -0.128. The van der Waals surface area contributed by atoms with Crippen LogP contribution in [0.2, 0.25) is 0 Å². The zero-order valence-corrected chi connectivity index (χ0v) is 11.1. The van der Waals surface area contributed by atoms with E-state index in [-0.39, 0.29) is 5.91 Å². The second-order valence-electron chi connectivity index (χ2n) is 5.06. The lowest BCUT2D eigenvalue weighted by Crippen LogP contribution is -2.39. The fourth-order valence-corrected chi connectivity index (χ4v) is 2.43. The van der Waals surface area contributed by atoms with Gasteiger partial charge in [0, 0.05) is 26.3 Å². The molecule has 1 amide bonds. The van der Waals surface area contributed by atoms with Crippen LogP contribution in [0.5, 0.6) is 0 Å². The first kappa shape index (κ1) is 13.1. The van der Waals surface area contributed by atoms with Crippen molar-refractivity contribution in [2.75, 3.05) is 30.8 Å². The molecule has 1 aliphatic heterocycles. The molecule has 0 bridgehead atoms. The molecule has 1 saturated heterocycles. The van der Waals surface area contributed by atoms with E-state index < -0.39 is 5.41 Å². The molecule has 0 spiro atoms. The van der Waals surface area contributed by atoms with Crippen molar-refractivity contribution in [3.8, 4) is 6.07 Å². The Morgan fingerprint density at radius 1 is 1.68 bits per heavy atom. The lowest BCUT2D eigenvalue weighted by Gasteiger charge is -2.24. The third-order valence-corrected chi connectivity index (χ3v) is 3.57. The molecule has 1 aromatic rings.